The number of pyridine rings is 1. The van der Waals surface area contributed by atoms with Crippen LogP contribution in [-0.4, -0.2) is 29.7 Å². The fourth-order valence-corrected chi connectivity index (χ4v) is 3.74. The van der Waals surface area contributed by atoms with Gasteiger partial charge in [0.15, 0.2) is 0 Å². The number of amides is 1. The number of piperidine rings is 1. The van der Waals surface area contributed by atoms with Crippen molar-refractivity contribution in [2.75, 3.05) is 29.1 Å². The summed E-state index contributed by atoms with van der Waals surface area (Å²) < 4.78 is 0. The van der Waals surface area contributed by atoms with E-state index in [1.54, 1.807) is 12.4 Å². The van der Waals surface area contributed by atoms with E-state index in [0.717, 1.165) is 29.4 Å². The number of halogens is 1. The molecule has 0 unspecified atom stereocenters. The number of carbonyl (C=O) groups excluding carboxylic acids is 1. The van der Waals surface area contributed by atoms with Crippen LogP contribution in [0.3, 0.4) is 0 Å². The van der Waals surface area contributed by atoms with Crippen LogP contribution < -0.4 is 10.2 Å². The highest BCUT2D eigenvalue weighted by Crippen LogP contribution is 2.31. The van der Waals surface area contributed by atoms with Crippen molar-refractivity contribution < 1.29 is 4.79 Å². The zero-order valence-corrected chi connectivity index (χ0v) is 14.9. The summed E-state index contributed by atoms with van der Waals surface area (Å²) in [5.41, 5.74) is 1.79. The van der Waals surface area contributed by atoms with Crippen LogP contribution >= 0.6 is 23.4 Å². The molecule has 0 spiro atoms. The topological polar surface area (TPSA) is 45.2 Å². The summed E-state index contributed by atoms with van der Waals surface area (Å²) in [6.07, 6.45) is 7.15. The van der Waals surface area contributed by atoms with Crippen LogP contribution in [0.4, 0.5) is 11.4 Å². The number of hydrogen-bond acceptors (Lipinski definition) is 4. The summed E-state index contributed by atoms with van der Waals surface area (Å²) in [6, 6.07) is 9.54. The first-order chi connectivity index (χ1) is 11.7. The number of anilines is 2. The molecule has 4 nitrogen and oxygen atoms in total. The number of thioether (sulfide) groups is 1. The standard InChI is InChI=1S/C18H20ClN3OS/c19-16-12-14(4-5-17(16)22-10-2-1-3-11-22)21-18(23)13-24-15-6-8-20-9-7-15/h4-9,12H,1-3,10-11,13H2,(H,21,23). The molecule has 24 heavy (non-hydrogen) atoms. The number of hydrogen-bond donors (Lipinski definition) is 1. The lowest BCUT2D eigenvalue weighted by molar-refractivity contribution is -0.113. The predicted octanol–water partition coefficient (Wildman–Crippen LogP) is 4.46. The SMILES string of the molecule is O=C(CSc1ccncc1)Nc1ccc(N2CCCCC2)c(Cl)c1. The molecule has 0 radical (unpaired) electrons. The molecule has 2 aromatic rings. The molecule has 2 heterocycles. The van der Waals surface area contributed by atoms with Crippen LogP contribution in [0.15, 0.2) is 47.6 Å². The molecule has 1 aromatic carbocycles. The summed E-state index contributed by atoms with van der Waals surface area (Å²) in [5.74, 6) is 0.314. The maximum Gasteiger partial charge on any atom is 0.234 e. The molecule has 1 saturated heterocycles. The molecule has 6 heteroatoms. The molecule has 1 aliphatic rings. The van der Waals surface area contributed by atoms with Crippen LogP contribution in [0.25, 0.3) is 0 Å². The first-order valence-electron chi connectivity index (χ1n) is 8.09. The lowest BCUT2D eigenvalue weighted by atomic mass is 10.1. The molecule has 1 N–H and O–H groups in total. The van der Waals surface area contributed by atoms with Gasteiger partial charge in [-0.25, -0.2) is 0 Å². The predicted molar refractivity (Wildman–Crippen MR) is 101 cm³/mol. The van der Waals surface area contributed by atoms with Crippen LogP contribution in [0.2, 0.25) is 5.02 Å². The first-order valence-corrected chi connectivity index (χ1v) is 9.46. The molecule has 0 bridgehead atoms. The van der Waals surface area contributed by atoms with Crippen molar-refractivity contribution in [1.29, 1.82) is 0 Å². The second-order valence-corrected chi connectivity index (χ2v) is 7.19. The second-order valence-electron chi connectivity index (χ2n) is 5.73. The molecular weight excluding hydrogens is 342 g/mol. The van der Waals surface area contributed by atoms with Crippen molar-refractivity contribution in [2.24, 2.45) is 0 Å². The number of nitrogens with one attached hydrogen (secondary N) is 1. The van der Waals surface area contributed by atoms with Crippen molar-refractivity contribution >= 4 is 40.6 Å². The fourth-order valence-electron chi connectivity index (χ4n) is 2.76. The van der Waals surface area contributed by atoms with E-state index >= 15 is 0 Å². The number of nitrogens with zero attached hydrogens (tertiary/aromatic N) is 2. The largest absolute Gasteiger partial charge is 0.370 e. The van der Waals surface area contributed by atoms with Gasteiger partial charge in [0.2, 0.25) is 5.91 Å². The van der Waals surface area contributed by atoms with Gasteiger partial charge in [-0.3, -0.25) is 9.78 Å². The van der Waals surface area contributed by atoms with Gasteiger partial charge < -0.3 is 10.2 Å². The van der Waals surface area contributed by atoms with Gasteiger partial charge in [0.25, 0.3) is 0 Å². The van der Waals surface area contributed by atoms with Gasteiger partial charge in [0, 0.05) is 36.1 Å². The summed E-state index contributed by atoms with van der Waals surface area (Å²) in [4.78, 5) is 19.4. The lowest BCUT2D eigenvalue weighted by Gasteiger charge is -2.29. The molecule has 126 valence electrons. The summed E-state index contributed by atoms with van der Waals surface area (Å²) in [6.45, 7) is 2.10. The van der Waals surface area contributed by atoms with Crippen molar-refractivity contribution in [3.05, 3.63) is 47.7 Å². The summed E-state index contributed by atoms with van der Waals surface area (Å²) >= 11 is 7.90. The zero-order chi connectivity index (χ0) is 16.8. The minimum Gasteiger partial charge on any atom is -0.370 e. The van der Waals surface area contributed by atoms with Crippen LogP contribution in [0.1, 0.15) is 19.3 Å². The average molecular weight is 362 g/mol. The number of aromatic nitrogens is 1. The van der Waals surface area contributed by atoms with E-state index in [1.807, 2.05) is 30.3 Å². The maximum absolute atomic E-state index is 12.1. The molecule has 0 saturated carbocycles. The van der Waals surface area contributed by atoms with Gasteiger partial charge >= 0.3 is 0 Å². The Morgan fingerprint density at radius 2 is 1.92 bits per heavy atom. The summed E-state index contributed by atoms with van der Waals surface area (Å²) in [5, 5.41) is 3.60. The highest BCUT2D eigenvalue weighted by atomic mass is 35.5. The number of rotatable bonds is 5. The third-order valence-corrected chi connectivity index (χ3v) is 5.26. The van der Waals surface area contributed by atoms with Gasteiger partial charge in [-0.05, 0) is 49.6 Å². The minimum atomic E-state index is -0.0430. The Balaban J connectivity index is 1.57. The van der Waals surface area contributed by atoms with E-state index in [0.29, 0.717) is 10.8 Å². The van der Waals surface area contributed by atoms with Gasteiger partial charge in [-0.2, -0.15) is 0 Å². The van der Waals surface area contributed by atoms with Crippen LogP contribution in [-0.2, 0) is 4.79 Å². The van der Waals surface area contributed by atoms with Crippen LogP contribution in [0.5, 0.6) is 0 Å². The number of carbonyl (C=O) groups is 1. The molecule has 1 aromatic heterocycles. The highest BCUT2D eigenvalue weighted by molar-refractivity contribution is 8.00. The Bertz CT molecular complexity index is 690. The van der Waals surface area contributed by atoms with Crippen molar-refractivity contribution in [3.8, 4) is 0 Å². The van der Waals surface area contributed by atoms with E-state index in [-0.39, 0.29) is 5.91 Å². The Morgan fingerprint density at radius 3 is 2.62 bits per heavy atom. The Morgan fingerprint density at radius 1 is 1.17 bits per heavy atom. The third-order valence-electron chi connectivity index (χ3n) is 3.95. The normalized spacial score (nSPS) is 14.5. The molecular formula is C18H20ClN3OS. The van der Waals surface area contributed by atoms with E-state index in [1.165, 1.54) is 31.0 Å². The highest BCUT2D eigenvalue weighted by Gasteiger charge is 2.14. The molecule has 1 amide bonds. The molecule has 1 aliphatic heterocycles. The number of benzene rings is 1. The molecule has 0 aliphatic carbocycles. The third kappa shape index (κ3) is 4.65. The molecule has 1 fully saturated rings. The van der Waals surface area contributed by atoms with E-state index in [2.05, 4.69) is 15.2 Å². The van der Waals surface area contributed by atoms with Crippen molar-refractivity contribution in [2.45, 2.75) is 24.2 Å². The fraction of sp³-hybridized carbons (Fsp3) is 0.333. The smallest absolute Gasteiger partial charge is 0.234 e. The molecule has 3 rings (SSSR count). The zero-order valence-electron chi connectivity index (χ0n) is 13.4. The quantitative estimate of drug-likeness (QED) is 0.799. The monoisotopic (exact) mass is 361 g/mol. The maximum atomic E-state index is 12.1. The van der Waals surface area contributed by atoms with Gasteiger partial charge in [0.05, 0.1) is 16.5 Å². The summed E-state index contributed by atoms with van der Waals surface area (Å²) in [7, 11) is 0. The van der Waals surface area contributed by atoms with Crippen molar-refractivity contribution in [3.63, 3.8) is 0 Å². The Hall–Kier alpha value is -1.72. The van der Waals surface area contributed by atoms with E-state index in [9.17, 15) is 4.79 Å². The van der Waals surface area contributed by atoms with Gasteiger partial charge in [-0.15, -0.1) is 11.8 Å². The van der Waals surface area contributed by atoms with E-state index in [4.69, 9.17) is 11.6 Å². The van der Waals surface area contributed by atoms with Gasteiger partial charge in [0.1, 0.15) is 0 Å². The first kappa shape index (κ1) is 17.1. The van der Waals surface area contributed by atoms with Gasteiger partial charge in [-0.1, -0.05) is 11.6 Å². The minimum absolute atomic E-state index is 0.0430. The lowest BCUT2D eigenvalue weighted by Crippen LogP contribution is -2.29. The average Bonchev–Trinajstić information content (AvgIpc) is 2.62. The van der Waals surface area contributed by atoms with E-state index < -0.39 is 0 Å². The Kier molecular flexibility index (Phi) is 5.99. The molecule has 0 atom stereocenters. The van der Waals surface area contributed by atoms with Crippen LogP contribution in [0, 0.1) is 0 Å². The Labute approximate surface area is 151 Å². The second kappa shape index (κ2) is 8.40. The van der Waals surface area contributed by atoms with Crippen molar-refractivity contribution in [1.82, 2.24) is 4.98 Å².